The second-order valence-corrected chi connectivity index (χ2v) is 5.94. The number of carbonyl (C=O) groups is 3. The van der Waals surface area contributed by atoms with Crippen LogP contribution in [0.4, 0.5) is 5.69 Å². The van der Waals surface area contributed by atoms with Crippen LogP contribution in [0.25, 0.3) is 0 Å². The van der Waals surface area contributed by atoms with Crippen LogP contribution in [0.2, 0.25) is 0 Å². The Kier molecular flexibility index (Phi) is 7.08. The Bertz CT molecular complexity index is 835. The number of benzene rings is 2. The molecule has 0 atom stereocenters. The van der Waals surface area contributed by atoms with Gasteiger partial charge in [-0.2, -0.15) is 0 Å². The molecule has 0 radical (unpaired) electrons. The van der Waals surface area contributed by atoms with E-state index >= 15 is 0 Å². The minimum atomic E-state index is -0.400. The third-order valence-corrected chi connectivity index (χ3v) is 4.04. The summed E-state index contributed by atoms with van der Waals surface area (Å²) in [5, 5.41) is 5.42. The maximum Gasteiger partial charge on any atom is 0.255 e. The van der Waals surface area contributed by atoms with Gasteiger partial charge in [0.2, 0.25) is 0 Å². The second-order valence-electron chi connectivity index (χ2n) is 5.94. The molecule has 0 spiro atoms. The smallest absolute Gasteiger partial charge is 0.255 e. The normalized spacial score (nSPS) is 10.2. The van der Waals surface area contributed by atoms with Gasteiger partial charge in [0.25, 0.3) is 17.7 Å². The molecule has 7 nitrogen and oxygen atoms in total. The van der Waals surface area contributed by atoms with Crippen molar-refractivity contribution in [3.8, 4) is 0 Å². The number of carbonyl (C=O) groups excluding carboxylic acids is 3. The van der Waals surface area contributed by atoms with Gasteiger partial charge in [-0.15, -0.1) is 0 Å². The number of hydrogen-bond donors (Lipinski definition) is 3. The highest BCUT2D eigenvalue weighted by Gasteiger charge is 2.16. The molecular weight excluding hydrogens is 344 g/mol. The van der Waals surface area contributed by atoms with Crippen LogP contribution >= 0.6 is 0 Å². The molecule has 0 aliphatic heterocycles. The molecule has 0 saturated carbocycles. The van der Waals surface area contributed by atoms with Crippen molar-refractivity contribution in [3.05, 3.63) is 65.2 Å². The van der Waals surface area contributed by atoms with Gasteiger partial charge in [-0.25, -0.2) is 0 Å². The molecule has 0 bridgehead atoms. The van der Waals surface area contributed by atoms with Crippen LogP contribution in [-0.2, 0) is 0 Å². The summed E-state index contributed by atoms with van der Waals surface area (Å²) in [6, 6.07) is 13.2. The molecule has 3 amide bonds. The summed E-state index contributed by atoms with van der Waals surface area (Å²) in [5.74, 6) is -0.874. The third-order valence-electron chi connectivity index (χ3n) is 4.04. The van der Waals surface area contributed by atoms with Crippen molar-refractivity contribution in [1.82, 2.24) is 10.2 Å². The zero-order chi connectivity index (χ0) is 19.8. The van der Waals surface area contributed by atoms with E-state index in [1.165, 1.54) is 0 Å². The van der Waals surface area contributed by atoms with Gasteiger partial charge in [0.1, 0.15) is 0 Å². The molecule has 0 aliphatic rings. The summed E-state index contributed by atoms with van der Waals surface area (Å²) in [6.07, 6.45) is 0. The monoisotopic (exact) mass is 368 g/mol. The predicted octanol–water partition coefficient (Wildman–Crippen LogP) is 1.72. The zero-order valence-electron chi connectivity index (χ0n) is 15.5. The molecule has 2 aromatic carbocycles. The van der Waals surface area contributed by atoms with Gasteiger partial charge >= 0.3 is 0 Å². The summed E-state index contributed by atoms with van der Waals surface area (Å²) >= 11 is 0. The highest BCUT2D eigenvalue weighted by molar-refractivity contribution is 6.09. The second kappa shape index (κ2) is 9.49. The highest BCUT2D eigenvalue weighted by atomic mass is 16.2. The van der Waals surface area contributed by atoms with Crippen LogP contribution in [0.3, 0.4) is 0 Å². The Balaban J connectivity index is 2.21. The van der Waals surface area contributed by atoms with E-state index in [9.17, 15) is 14.4 Å². The van der Waals surface area contributed by atoms with Gasteiger partial charge in [-0.1, -0.05) is 18.2 Å². The first kappa shape index (κ1) is 20.1. The molecule has 27 heavy (non-hydrogen) atoms. The largest absolute Gasteiger partial charge is 0.351 e. The standard InChI is InChI=1S/C20H24N4O3/c1-3-24(2)20(27)15-8-6-7-14(13-15)18(25)23-17-10-5-4-9-16(17)19(26)22-12-11-21/h4-10,13H,3,11-12,21H2,1-2H3,(H,22,26)(H,23,25). The summed E-state index contributed by atoms with van der Waals surface area (Å²) < 4.78 is 0. The van der Waals surface area contributed by atoms with Gasteiger partial charge in [0.15, 0.2) is 0 Å². The molecule has 0 saturated heterocycles. The van der Waals surface area contributed by atoms with Gasteiger partial charge in [0.05, 0.1) is 11.3 Å². The number of hydrogen-bond acceptors (Lipinski definition) is 4. The van der Waals surface area contributed by atoms with Crippen molar-refractivity contribution in [2.75, 3.05) is 32.0 Å². The van der Waals surface area contributed by atoms with E-state index < -0.39 is 5.91 Å². The molecule has 2 aromatic rings. The summed E-state index contributed by atoms with van der Waals surface area (Å²) in [5.41, 5.74) is 6.90. The Morgan fingerprint density at radius 3 is 2.41 bits per heavy atom. The van der Waals surface area contributed by atoms with E-state index in [1.807, 2.05) is 6.92 Å². The Hall–Kier alpha value is -3.19. The number of anilines is 1. The van der Waals surface area contributed by atoms with Crippen molar-refractivity contribution in [2.24, 2.45) is 5.73 Å². The molecular formula is C20H24N4O3. The lowest BCUT2D eigenvalue weighted by atomic mass is 10.1. The van der Waals surface area contributed by atoms with Crippen molar-refractivity contribution >= 4 is 23.4 Å². The number of nitrogens with zero attached hydrogens (tertiary/aromatic N) is 1. The van der Waals surface area contributed by atoms with Crippen molar-refractivity contribution in [3.63, 3.8) is 0 Å². The SMILES string of the molecule is CCN(C)C(=O)c1cccc(C(=O)Nc2ccccc2C(=O)NCCN)c1. The molecule has 142 valence electrons. The quantitative estimate of drug-likeness (QED) is 0.692. The number of nitrogens with one attached hydrogen (secondary N) is 2. The fourth-order valence-electron chi connectivity index (χ4n) is 2.42. The molecule has 0 unspecified atom stereocenters. The van der Waals surface area contributed by atoms with Gasteiger partial charge < -0.3 is 21.3 Å². The topological polar surface area (TPSA) is 105 Å². The van der Waals surface area contributed by atoms with Crippen LogP contribution in [0.1, 0.15) is 38.0 Å². The maximum absolute atomic E-state index is 12.6. The first-order valence-electron chi connectivity index (χ1n) is 8.72. The number of para-hydroxylation sites is 1. The lowest BCUT2D eigenvalue weighted by Crippen LogP contribution is -2.30. The fourth-order valence-corrected chi connectivity index (χ4v) is 2.42. The maximum atomic E-state index is 12.6. The molecule has 0 aliphatic carbocycles. The molecule has 0 aromatic heterocycles. The Morgan fingerprint density at radius 1 is 1.00 bits per heavy atom. The van der Waals surface area contributed by atoms with Crippen LogP contribution in [0.15, 0.2) is 48.5 Å². The lowest BCUT2D eigenvalue weighted by Gasteiger charge is -2.15. The molecule has 0 fully saturated rings. The minimum absolute atomic E-state index is 0.159. The molecule has 7 heteroatoms. The van der Waals surface area contributed by atoms with Crippen molar-refractivity contribution < 1.29 is 14.4 Å². The molecule has 0 heterocycles. The van der Waals surface area contributed by atoms with Gasteiger partial charge in [-0.3, -0.25) is 14.4 Å². The lowest BCUT2D eigenvalue weighted by molar-refractivity contribution is 0.0802. The predicted molar refractivity (Wildman–Crippen MR) is 105 cm³/mol. The van der Waals surface area contributed by atoms with E-state index in [2.05, 4.69) is 10.6 Å². The molecule has 2 rings (SSSR count). The van der Waals surface area contributed by atoms with Crippen LogP contribution in [-0.4, -0.2) is 49.3 Å². The number of rotatable bonds is 7. The van der Waals surface area contributed by atoms with Crippen LogP contribution < -0.4 is 16.4 Å². The van der Waals surface area contributed by atoms with Crippen molar-refractivity contribution in [2.45, 2.75) is 6.92 Å². The minimum Gasteiger partial charge on any atom is -0.351 e. The first-order valence-corrected chi connectivity index (χ1v) is 8.72. The van der Waals surface area contributed by atoms with Crippen molar-refractivity contribution in [1.29, 1.82) is 0 Å². The summed E-state index contributed by atoms with van der Waals surface area (Å²) in [7, 11) is 1.70. The van der Waals surface area contributed by atoms with E-state index in [0.717, 1.165) is 0 Å². The van der Waals surface area contributed by atoms with E-state index in [1.54, 1.807) is 60.5 Å². The molecule has 4 N–H and O–H groups in total. The number of amides is 3. The van der Waals surface area contributed by atoms with E-state index in [0.29, 0.717) is 42.0 Å². The van der Waals surface area contributed by atoms with Gasteiger partial charge in [-0.05, 0) is 37.3 Å². The van der Waals surface area contributed by atoms with Gasteiger partial charge in [0, 0.05) is 37.8 Å². The fraction of sp³-hybridized carbons (Fsp3) is 0.250. The summed E-state index contributed by atoms with van der Waals surface area (Å²) in [6.45, 7) is 3.12. The summed E-state index contributed by atoms with van der Waals surface area (Å²) in [4.78, 5) is 38.7. The van der Waals surface area contributed by atoms with E-state index in [4.69, 9.17) is 5.73 Å². The average Bonchev–Trinajstić information content (AvgIpc) is 2.71. The van der Waals surface area contributed by atoms with Crippen LogP contribution in [0.5, 0.6) is 0 Å². The Morgan fingerprint density at radius 2 is 1.70 bits per heavy atom. The first-order chi connectivity index (χ1) is 13.0. The third kappa shape index (κ3) is 5.15. The van der Waals surface area contributed by atoms with E-state index in [-0.39, 0.29) is 11.8 Å². The average molecular weight is 368 g/mol. The zero-order valence-corrected chi connectivity index (χ0v) is 15.5. The Labute approximate surface area is 158 Å². The number of nitrogens with two attached hydrogens (primary N) is 1. The van der Waals surface area contributed by atoms with Crippen LogP contribution in [0, 0.1) is 0 Å². The highest BCUT2D eigenvalue weighted by Crippen LogP contribution is 2.17.